The summed E-state index contributed by atoms with van der Waals surface area (Å²) in [4.78, 5) is 16.5. The van der Waals surface area contributed by atoms with Crippen LogP contribution in [0.4, 0.5) is 0 Å². The Hall–Kier alpha value is -1.94. The lowest BCUT2D eigenvalue weighted by atomic mass is 9.81. The van der Waals surface area contributed by atoms with Gasteiger partial charge in [0.1, 0.15) is 0 Å². The fourth-order valence-corrected chi connectivity index (χ4v) is 2.57. The predicted molar refractivity (Wildman–Crippen MR) is 74.8 cm³/mol. The molecule has 0 atom stereocenters. The van der Waals surface area contributed by atoms with Gasteiger partial charge in [-0.15, -0.1) is 0 Å². The van der Waals surface area contributed by atoms with Gasteiger partial charge in [0.05, 0.1) is 11.1 Å². The standard InChI is InChI=1S/C15H17N3O/c16-12-7-10(8-12)9-18-15(19)13-5-1-3-11-4-2-6-17-14(11)13/h1-6,10,12H,7-9,16H2,(H,18,19). The molecule has 0 aliphatic heterocycles. The molecule has 1 aromatic heterocycles. The highest BCUT2D eigenvalue weighted by molar-refractivity contribution is 6.05. The number of carbonyl (C=O) groups is 1. The van der Waals surface area contributed by atoms with Crippen molar-refractivity contribution < 1.29 is 4.79 Å². The average molecular weight is 255 g/mol. The highest BCUT2D eigenvalue weighted by atomic mass is 16.1. The van der Waals surface area contributed by atoms with E-state index in [-0.39, 0.29) is 5.91 Å². The van der Waals surface area contributed by atoms with E-state index in [1.807, 2.05) is 30.3 Å². The van der Waals surface area contributed by atoms with E-state index in [1.165, 1.54) is 0 Å². The van der Waals surface area contributed by atoms with Gasteiger partial charge in [0, 0.05) is 24.2 Å². The third-order valence-corrected chi connectivity index (χ3v) is 3.70. The molecule has 19 heavy (non-hydrogen) atoms. The lowest BCUT2D eigenvalue weighted by Crippen LogP contribution is -2.42. The van der Waals surface area contributed by atoms with Crippen LogP contribution in [0.2, 0.25) is 0 Å². The number of benzene rings is 1. The van der Waals surface area contributed by atoms with Crippen LogP contribution in [0.15, 0.2) is 36.5 Å². The van der Waals surface area contributed by atoms with Gasteiger partial charge < -0.3 is 11.1 Å². The summed E-state index contributed by atoms with van der Waals surface area (Å²) in [7, 11) is 0. The third-order valence-electron chi connectivity index (χ3n) is 3.70. The lowest BCUT2D eigenvalue weighted by Gasteiger charge is -2.32. The third kappa shape index (κ3) is 2.44. The summed E-state index contributed by atoms with van der Waals surface area (Å²) in [5.74, 6) is 0.478. The van der Waals surface area contributed by atoms with Crippen LogP contribution < -0.4 is 11.1 Å². The summed E-state index contributed by atoms with van der Waals surface area (Å²) in [5, 5.41) is 3.97. The molecule has 3 rings (SSSR count). The first-order valence-electron chi connectivity index (χ1n) is 6.61. The molecule has 1 aliphatic rings. The van der Waals surface area contributed by atoms with Crippen LogP contribution in [0, 0.1) is 5.92 Å². The zero-order valence-corrected chi connectivity index (χ0v) is 10.7. The maximum absolute atomic E-state index is 12.2. The quantitative estimate of drug-likeness (QED) is 0.877. The molecule has 4 nitrogen and oxygen atoms in total. The lowest BCUT2D eigenvalue weighted by molar-refractivity contribution is 0.0937. The smallest absolute Gasteiger partial charge is 0.253 e. The monoisotopic (exact) mass is 255 g/mol. The molecule has 3 N–H and O–H groups in total. The van der Waals surface area contributed by atoms with Gasteiger partial charge in [-0.3, -0.25) is 9.78 Å². The van der Waals surface area contributed by atoms with Crippen molar-refractivity contribution in [1.29, 1.82) is 0 Å². The zero-order valence-electron chi connectivity index (χ0n) is 10.7. The number of amides is 1. The largest absolute Gasteiger partial charge is 0.352 e. The predicted octanol–water partition coefficient (Wildman–Crippen LogP) is 1.70. The summed E-state index contributed by atoms with van der Waals surface area (Å²) in [6.45, 7) is 0.704. The van der Waals surface area contributed by atoms with Gasteiger partial charge in [-0.25, -0.2) is 0 Å². The number of nitrogens with one attached hydrogen (secondary N) is 1. The van der Waals surface area contributed by atoms with E-state index < -0.39 is 0 Å². The van der Waals surface area contributed by atoms with Crippen LogP contribution in [-0.4, -0.2) is 23.5 Å². The van der Waals surface area contributed by atoms with Gasteiger partial charge in [0.2, 0.25) is 0 Å². The summed E-state index contributed by atoms with van der Waals surface area (Å²) in [6.07, 6.45) is 3.73. The molecular formula is C15H17N3O. The molecule has 4 heteroatoms. The molecule has 1 saturated carbocycles. The van der Waals surface area contributed by atoms with Crippen molar-refractivity contribution in [3.8, 4) is 0 Å². The second-order valence-electron chi connectivity index (χ2n) is 5.19. The molecule has 2 aromatic rings. The number of nitrogens with two attached hydrogens (primary N) is 1. The number of fused-ring (bicyclic) bond motifs is 1. The van der Waals surface area contributed by atoms with Crippen molar-refractivity contribution >= 4 is 16.8 Å². The zero-order chi connectivity index (χ0) is 13.2. The van der Waals surface area contributed by atoms with Gasteiger partial charge >= 0.3 is 0 Å². The molecule has 1 aromatic carbocycles. The first-order valence-corrected chi connectivity index (χ1v) is 6.61. The Morgan fingerprint density at radius 2 is 2.11 bits per heavy atom. The van der Waals surface area contributed by atoms with Crippen molar-refractivity contribution in [2.24, 2.45) is 11.7 Å². The number of carbonyl (C=O) groups excluding carboxylic acids is 1. The molecule has 0 spiro atoms. The second-order valence-corrected chi connectivity index (χ2v) is 5.19. The van der Waals surface area contributed by atoms with E-state index in [4.69, 9.17) is 5.73 Å². The fraction of sp³-hybridized carbons (Fsp3) is 0.333. The van der Waals surface area contributed by atoms with Crippen molar-refractivity contribution in [3.05, 3.63) is 42.1 Å². The van der Waals surface area contributed by atoms with Crippen molar-refractivity contribution in [2.75, 3.05) is 6.54 Å². The first kappa shape index (κ1) is 12.1. The van der Waals surface area contributed by atoms with Crippen LogP contribution in [0.1, 0.15) is 23.2 Å². The van der Waals surface area contributed by atoms with E-state index in [2.05, 4.69) is 10.3 Å². The fourth-order valence-electron chi connectivity index (χ4n) is 2.57. The van der Waals surface area contributed by atoms with Crippen LogP contribution in [0.3, 0.4) is 0 Å². The van der Waals surface area contributed by atoms with Gasteiger partial charge in [-0.05, 0) is 30.9 Å². The molecule has 0 bridgehead atoms. The minimum Gasteiger partial charge on any atom is -0.352 e. The molecule has 1 amide bonds. The van der Waals surface area contributed by atoms with E-state index in [1.54, 1.807) is 6.20 Å². The van der Waals surface area contributed by atoms with Crippen LogP contribution >= 0.6 is 0 Å². The van der Waals surface area contributed by atoms with Crippen molar-refractivity contribution in [3.63, 3.8) is 0 Å². The maximum Gasteiger partial charge on any atom is 0.253 e. The molecule has 1 heterocycles. The van der Waals surface area contributed by atoms with E-state index in [9.17, 15) is 4.79 Å². The maximum atomic E-state index is 12.2. The molecular weight excluding hydrogens is 238 g/mol. The number of nitrogens with zero attached hydrogens (tertiary/aromatic N) is 1. The van der Waals surface area contributed by atoms with Crippen LogP contribution in [-0.2, 0) is 0 Å². The summed E-state index contributed by atoms with van der Waals surface area (Å²) in [5.41, 5.74) is 7.14. The van der Waals surface area contributed by atoms with Crippen molar-refractivity contribution in [1.82, 2.24) is 10.3 Å². The van der Waals surface area contributed by atoms with Crippen LogP contribution in [0.5, 0.6) is 0 Å². The van der Waals surface area contributed by atoms with E-state index >= 15 is 0 Å². The van der Waals surface area contributed by atoms with E-state index in [0.717, 1.165) is 23.7 Å². The number of hydrogen-bond acceptors (Lipinski definition) is 3. The Kier molecular flexibility index (Phi) is 3.17. The summed E-state index contributed by atoms with van der Waals surface area (Å²) >= 11 is 0. The SMILES string of the molecule is NC1CC(CNC(=O)c2cccc3cccnc23)C1. The Balaban J connectivity index is 1.74. The van der Waals surface area contributed by atoms with Crippen LogP contribution in [0.25, 0.3) is 10.9 Å². The average Bonchev–Trinajstić information content (AvgIpc) is 2.41. The minimum atomic E-state index is -0.0511. The second kappa shape index (κ2) is 4.97. The number of hydrogen-bond donors (Lipinski definition) is 2. The molecule has 0 saturated heterocycles. The normalized spacial score (nSPS) is 21.9. The van der Waals surface area contributed by atoms with Gasteiger partial charge in [-0.1, -0.05) is 18.2 Å². The Morgan fingerprint density at radius 3 is 2.89 bits per heavy atom. The minimum absolute atomic E-state index is 0.0511. The summed E-state index contributed by atoms with van der Waals surface area (Å²) in [6, 6.07) is 9.82. The van der Waals surface area contributed by atoms with Gasteiger partial charge in [0.25, 0.3) is 5.91 Å². The Bertz CT molecular complexity index is 600. The molecule has 0 unspecified atom stereocenters. The number of aromatic nitrogens is 1. The van der Waals surface area contributed by atoms with E-state index in [0.29, 0.717) is 24.1 Å². The number of pyridine rings is 1. The summed E-state index contributed by atoms with van der Waals surface area (Å²) < 4.78 is 0. The number of para-hydroxylation sites is 1. The van der Waals surface area contributed by atoms with Gasteiger partial charge in [-0.2, -0.15) is 0 Å². The van der Waals surface area contributed by atoms with Crippen molar-refractivity contribution in [2.45, 2.75) is 18.9 Å². The Labute approximate surface area is 112 Å². The molecule has 1 aliphatic carbocycles. The Morgan fingerprint density at radius 1 is 1.32 bits per heavy atom. The molecule has 0 radical (unpaired) electrons. The highest BCUT2D eigenvalue weighted by Gasteiger charge is 2.26. The molecule has 98 valence electrons. The number of rotatable bonds is 3. The highest BCUT2D eigenvalue weighted by Crippen LogP contribution is 2.24. The first-order chi connectivity index (χ1) is 9.24. The van der Waals surface area contributed by atoms with Gasteiger partial charge in [0.15, 0.2) is 0 Å². The topological polar surface area (TPSA) is 68.0 Å². The molecule has 1 fully saturated rings.